The Morgan fingerprint density at radius 2 is 2.33 bits per heavy atom. The maximum atomic E-state index is 11.5. The molecule has 15 heavy (non-hydrogen) atoms. The highest BCUT2D eigenvalue weighted by atomic mass is 16.5. The molecule has 1 aromatic rings. The lowest BCUT2D eigenvalue weighted by atomic mass is 10.1. The number of ether oxygens (including phenoxy) is 1. The van der Waals surface area contributed by atoms with E-state index >= 15 is 0 Å². The Kier molecular flexibility index (Phi) is 2.58. The highest BCUT2D eigenvalue weighted by Crippen LogP contribution is 2.26. The van der Waals surface area contributed by atoms with Gasteiger partial charge in [-0.05, 0) is 31.7 Å². The lowest BCUT2D eigenvalue weighted by molar-refractivity contribution is 0.0518. The molecular weight excluding hydrogens is 194 g/mol. The molecule has 0 amide bonds. The minimum Gasteiger partial charge on any atom is -0.461 e. The lowest BCUT2D eigenvalue weighted by Gasteiger charge is -2.00. The molecular formula is C11H13NO3. The Morgan fingerprint density at radius 1 is 1.53 bits per heavy atom. The molecule has 2 rings (SSSR count). The van der Waals surface area contributed by atoms with Crippen LogP contribution in [0.2, 0.25) is 0 Å². The summed E-state index contributed by atoms with van der Waals surface area (Å²) in [5, 5.41) is 0. The average molecular weight is 207 g/mol. The average Bonchev–Trinajstić information content (AvgIpc) is 2.76. The quantitative estimate of drug-likeness (QED) is 0.603. The molecule has 0 aromatic carbocycles. The number of aromatic amines is 1. The Hall–Kier alpha value is -1.58. The second kappa shape index (κ2) is 3.88. The lowest BCUT2D eigenvalue weighted by Crippen LogP contribution is -2.08. The van der Waals surface area contributed by atoms with Crippen molar-refractivity contribution in [1.82, 2.24) is 4.98 Å². The van der Waals surface area contributed by atoms with E-state index in [1.54, 1.807) is 6.92 Å². The normalized spacial score (nSPS) is 13.7. The summed E-state index contributed by atoms with van der Waals surface area (Å²) in [7, 11) is 0. The largest absolute Gasteiger partial charge is 0.461 e. The van der Waals surface area contributed by atoms with Gasteiger partial charge in [-0.1, -0.05) is 0 Å². The maximum Gasteiger partial charge on any atom is 0.355 e. The molecule has 1 aliphatic carbocycles. The Morgan fingerprint density at radius 3 is 3.00 bits per heavy atom. The first kappa shape index (κ1) is 9.96. The first-order valence-corrected chi connectivity index (χ1v) is 5.14. The zero-order valence-electron chi connectivity index (χ0n) is 8.63. The van der Waals surface area contributed by atoms with Gasteiger partial charge in [0.25, 0.3) is 0 Å². The van der Waals surface area contributed by atoms with Gasteiger partial charge in [0.05, 0.1) is 12.2 Å². The van der Waals surface area contributed by atoms with Crippen LogP contribution in [0.5, 0.6) is 0 Å². The molecule has 0 radical (unpaired) electrons. The molecule has 4 nitrogen and oxygen atoms in total. The monoisotopic (exact) mass is 207 g/mol. The van der Waals surface area contributed by atoms with Gasteiger partial charge in [0.1, 0.15) is 5.69 Å². The van der Waals surface area contributed by atoms with Crippen LogP contribution in [-0.2, 0) is 17.6 Å². The van der Waals surface area contributed by atoms with E-state index in [0.29, 0.717) is 17.9 Å². The summed E-state index contributed by atoms with van der Waals surface area (Å²) >= 11 is 0. The molecule has 0 atom stereocenters. The van der Waals surface area contributed by atoms with E-state index < -0.39 is 5.97 Å². The SMILES string of the molecule is CCOC(=O)c1[nH]c2c(c1C=O)CCC2. The fraction of sp³-hybridized carbons (Fsp3) is 0.455. The number of esters is 1. The number of aldehydes is 1. The number of aromatic nitrogens is 1. The van der Waals surface area contributed by atoms with Gasteiger partial charge < -0.3 is 9.72 Å². The van der Waals surface area contributed by atoms with E-state index in [2.05, 4.69) is 4.98 Å². The van der Waals surface area contributed by atoms with Gasteiger partial charge in [-0.15, -0.1) is 0 Å². The Balaban J connectivity index is 2.40. The third-order valence-electron chi connectivity index (χ3n) is 2.69. The zero-order chi connectivity index (χ0) is 10.8. The number of carbonyl (C=O) groups is 2. The van der Waals surface area contributed by atoms with E-state index in [4.69, 9.17) is 4.74 Å². The van der Waals surface area contributed by atoms with E-state index in [0.717, 1.165) is 36.8 Å². The molecule has 1 N–H and O–H groups in total. The molecule has 0 spiro atoms. The van der Waals surface area contributed by atoms with Crippen LogP contribution in [0.15, 0.2) is 0 Å². The number of hydrogen-bond acceptors (Lipinski definition) is 3. The summed E-state index contributed by atoms with van der Waals surface area (Å²) in [6, 6.07) is 0. The van der Waals surface area contributed by atoms with Crippen molar-refractivity contribution in [2.24, 2.45) is 0 Å². The first-order chi connectivity index (χ1) is 7.27. The second-order valence-corrected chi connectivity index (χ2v) is 3.56. The molecule has 0 fully saturated rings. The fourth-order valence-corrected chi connectivity index (χ4v) is 2.04. The third kappa shape index (κ3) is 1.56. The smallest absolute Gasteiger partial charge is 0.355 e. The first-order valence-electron chi connectivity index (χ1n) is 5.14. The van der Waals surface area contributed by atoms with Gasteiger partial charge in [0.15, 0.2) is 6.29 Å². The van der Waals surface area contributed by atoms with E-state index in [-0.39, 0.29) is 0 Å². The number of aryl methyl sites for hydroxylation is 1. The van der Waals surface area contributed by atoms with Crippen LogP contribution in [0, 0.1) is 0 Å². The van der Waals surface area contributed by atoms with Crippen molar-refractivity contribution in [1.29, 1.82) is 0 Å². The van der Waals surface area contributed by atoms with Crippen LogP contribution >= 0.6 is 0 Å². The second-order valence-electron chi connectivity index (χ2n) is 3.56. The zero-order valence-corrected chi connectivity index (χ0v) is 8.63. The highest BCUT2D eigenvalue weighted by Gasteiger charge is 2.25. The van der Waals surface area contributed by atoms with Gasteiger partial charge in [-0.2, -0.15) is 0 Å². The van der Waals surface area contributed by atoms with Crippen molar-refractivity contribution in [2.75, 3.05) is 6.61 Å². The molecule has 0 aliphatic heterocycles. The molecule has 80 valence electrons. The van der Waals surface area contributed by atoms with E-state index in [9.17, 15) is 9.59 Å². The van der Waals surface area contributed by atoms with Crippen LogP contribution in [0.4, 0.5) is 0 Å². The van der Waals surface area contributed by atoms with Crippen molar-refractivity contribution in [3.8, 4) is 0 Å². The molecule has 4 heteroatoms. The molecule has 1 aromatic heterocycles. The predicted octanol–water partition coefficient (Wildman–Crippen LogP) is 1.49. The van der Waals surface area contributed by atoms with Crippen LogP contribution in [-0.4, -0.2) is 23.8 Å². The number of carbonyl (C=O) groups excluding carboxylic acids is 2. The predicted molar refractivity (Wildman–Crippen MR) is 54.2 cm³/mol. The number of fused-ring (bicyclic) bond motifs is 1. The summed E-state index contributed by atoms with van der Waals surface area (Å²) in [5.41, 5.74) is 2.81. The minimum absolute atomic E-state index is 0.316. The topological polar surface area (TPSA) is 59.2 Å². The molecule has 0 saturated carbocycles. The van der Waals surface area contributed by atoms with Gasteiger partial charge >= 0.3 is 5.97 Å². The van der Waals surface area contributed by atoms with Gasteiger partial charge in [0.2, 0.25) is 0 Å². The maximum absolute atomic E-state index is 11.5. The number of rotatable bonds is 3. The standard InChI is InChI=1S/C11H13NO3/c1-2-15-11(14)10-8(6-13)7-4-3-5-9(7)12-10/h6,12H,2-5H2,1H3. The van der Waals surface area contributed by atoms with Crippen LogP contribution in [0.25, 0.3) is 0 Å². The van der Waals surface area contributed by atoms with Crippen LogP contribution < -0.4 is 0 Å². The summed E-state index contributed by atoms with van der Waals surface area (Å²) in [6.45, 7) is 2.07. The molecule has 0 unspecified atom stereocenters. The summed E-state index contributed by atoms with van der Waals surface area (Å²) in [5.74, 6) is -0.436. The molecule has 1 heterocycles. The van der Waals surface area contributed by atoms with Crippen molar-refractivity contribution < 1.29 is 14.3 Å². The minimum atomic E-state index is -0.436. The van der Waals surface area contributed by atoms with Crippen molar-refractivity contribution in [3.63, 3.8) is 0 Å². The Bertz CT molecular complexity index is 406. The number of nitrogens with one attached hydrogen (secondary N) is 1. The summed E-state index contributed by atoms with van der Waals surface area (Å²) in [4.78, 5) is 25.4. The van der Waals surface area contributed by atoms with Gasteiger partial charge in [-0.3, -0.25) is 4.79 Å². The molecule has 1 aliphatic rings. The third-order valence-corrected chi connectivity index (χ3v) is 2.69. The van der Waals surface area contributed by atoms with E-state index in [1.165, 1.54) is 0 Å². The number of H-pyrrole nitrogens is 1. The summed E-state index contributed by atoms with van der Waals surface area (Å²) < 4.78 is 4.88. The van der Waals surface area contributed by atoms with E-state index in [1.807, 2.05) is 0 Å². The van der Waals surface area contributed by atoms with Crippen molar-refractivity contribution in [3.05, 3.63) is 22.5 Å². The van der Waals surface area contributed by atoms with Crippen molar-refractivity contribution >= 4 is 12.3 Å². The van der Waals surface area contributed by atoms with Crippen LogP contribution in [0.3, 0.4) is 0 Å². The molecule has 0 saturated heterocycles. The van der Waals surface area contributed by atoms with Gasteiger partial charge in [-0.25, -0.2) is 4.79 Å². The Labute approximate surface area is 87.6 Å². The molecule has 0 bridgehead atoms. The number of hydrogen-bond donors (Lipinski definition) is 1. The summed E-state index contributed by atoms with van der Waals surface area (Å²) in [6.07, 6.45) is 3.58. The van der Waals surface area contributed by atoms with Crippen molar-refractivity contribution in [2.45, 2.75) is 26.2 Å². The van der Waals surface area contributed by atoms with Crippen LogP contribution in [0.1, 0.15) is 45.4 Å². The van der Waals surface area contributed by atoms with Gasteiger partial charge in [0, 0.05) is 5.69 Å². The highest BCUT2D eigenvalue weighted by molar-refractivity contribution is 5.98. The fourth-order valence-electron chi connectivity index (χ4n) is 2.04.